The third-order valence-electron chi connectivity index (χ3n) is 3.74. The summed E-state index contributed by atoms with van der Waals surface area (Å²) >= 11 is 0. The second kappa shape index (κ2) is 5.07. The second-order valence-electron chi connectivity index (χ2n) is 5.46. The van der Waals surface area contributed by atoms with Crippen molar-refractivity contribution in [3.05, 3.63) is 24.5 Å². The van der Waals surface area contributed by atoms with E-state index >= 15 is 0 Å². The first kappa shape index (κ1) is 13.6. The van der Waals surface area contributed by atoms with E-state index in [1.807, 2.05) is 49.9 Å². The summed E-state index contributed by atoms with van der Waals surface area (Å²) in [7, 11) is 0. The van der Waals surface area contributed by atoms with Crippen LogP contribution >= 0.6 is 0 Å². The fraction of sp³-hybridized carbons (Fsp3) is 0.571. The summed E-state index contributed by atoms with van der Waals surface area (Å²) in [6, 6.07) is 3.72. The normalized spacial score (nSPS) is 19.8. The van der Waals surface area contributed by atoms with E-state index in [0.29, 0.717) is 19.5 Å². The summed E-state index contributed by atoms with van der Waals surface area (Å²) < 4.78 is 1.87. The van der Waals surface area contributed by atoms with Crippen LogP contribution < -0.4 is 5.32 Å². The van der Waals surface area contributed by atoms with E-state index < -0.39 is 5.54 Å². The highest BCUT2D eigenvalue weighted by molar-refractivity contribution is 5.86. The van der Waals surface area contributed by atoms with Crippen LogP contribution in [0.5, 0.6) is 0 Å². The molecule has 0 radical (unpaired) electrons. The second-order valence-corrected chi connectivity index (χ2v) is 5.46. The van der Waals surface area contributed by atoms with Gasteiger partial charge < -0.3 is 14.8 Å². The van der Waals surface area contributed by atoms with Gasteiger partial charge in [0, 0.05) is 31.9 Å². The van der Waals surface area contributed by atoms with Crippen molar-refractivity contribution in [1.29, 1.82) is 0 Å². The Morgan fingerprint density at radius 2 is 2.05 bits per heavy atom. The molecule has 1 aliphatic rings. The quantitative estimate of drug-likeness (QED) is 0.879. The van der Waals surface area contributed by atoms with Gasteiger partial charge >= 0.3 is 0 Å². The summed E-state index contributed by atoms with van der Waals surface area (Å²) in [5.74, 6) is 0.0611. The van der Waals surface area contributed by atoms with Crippen molar-refractivity contribution < 1.29 is 9.59 Å². The first-order valence-electron chi connectivity index (χ1n) is 6.67. The van der Waals surface area contributed by atoms with E-state index in [2.05, 4.69) is 5.32 Å². The highest BCUT2D eigenvalue weighted by Gasteiger charge is 2.34. The van der Waals surface area contributed by atoms with Gasteiger partial charge in [0.1, 0.15) is 5.54 Å². The molecule has 0 aliphatic carbocycles. The highest BCUT2D eigenvalue weighted by atomic mass is 16.2. The number of hydrogen-bond donors (Lipinski definition) is 1. The monoisotopic (exact) mass is 263 g/mol. The van der Waals surface area contributed by atoms with Gasteiger partial charge in [-0.2, -0.15) is 0 Å². The molecule has 5 nitrogen and oxygen atoms in total. The van der Waals surface area contributed by atoms with Gasteiger partial charge in [0.15, 0.2) is 0 Å². The van der Waals surface area contributed by atoms with Gasteiger partial charge in [0.25, 0.3) is 0 Å². The molecule has 0 bridgehead atoms. The smallest absolute Gasteiger partial charge is 0.245 e. The van der Waals surface area contributed by atoms with E-state index in [1.54, 1.807) is 4.90 Å². The van der Waals surface area contributed by atoms with Crippen LogP contribution in [0.4, 0.5) is 0 Å². The number of carbonyl (C=O) groups excluding carboxylic acids is 2. The minimum atomic E-state index is -0.647. The molecule has 5 heteroatoms. The Hall–Kier alpha value is -1.78. The molecule has 1 aromatic rings. The third kappa shape index (κ3) is 2.64. The zero-order chi connectivity index (χ0) is 14.0. The molecule has 1 aromatic heterocycles. The molecule has 0 spiro atoms. The van der Waals surface area contributed by atoms with Crippen molar-refractivity contribution in [2.75, 3.05) is 13.1 Å². The van der Waals surface area contributed by atoms with Crippen LogP contribution in [-0.2, 0) is 15.1 Å². The molecule has 1 N–H and O–H groups in total. The molecule has 2 heterocycles. The van der Waals surface area contributed by atoms with Crippen LogP contribution in [0.25, 0.3) is 0 Å². The molecular weight excluding hydrogens is 242 g/mol. The van der Waals surface area contributed by atoms with E-state index in [9.17, 15) is 9.59 Å². The Kier molecular flexibility index (Phi) is 3.64. The zero-order valence-corrected chi connectivity index (χ0v) is 11.7. The molecule has 1 saturated heterocycles. The fourth-order valence-corrected chi connectivity index (χ4v) is 2.36. The summed E-state index contributed by atoms with van der Waals surface area (Å²) in [6.45, 7) is 7.01. The summed E-state index contributed by atoms with van der Waals surface area (Å²) in [4.78, 5) is 25.8. The van der Waals surface area contributed by atoms with Crippen LogP contribution in [0.2, 0.25) is 0 Å². The van der Waals surface area contributed by atoms with Gasteiger partial charge in [-0.15, -0.1) is 0 Å². The molecule has 1 aliphatic heterocycles. The van der Waals surface area contributed by atoms with E-state index in [0.717, 1.165) is 0 Å². The van der Waals surface area contributed by atoms with Crippen molar-refractivity contribution in [3.63, 3.8) is 0 Å². The number of carbonyl (C=O) groups is 2. The molecular formula is C14H21N3O2. The van der Waals surface area contributed by atoms with Crippen LogP contribution in [-0.4, -0.2) is 40.4 Å². The maximum atomic E-state index is 12.4. The fourth-order valence-electron chi connectivity index (χ4n) is 2.36. The first-order chi connectivity index (χ1) is 8.95. The van der Waals surface area contributed by atoms with Crippen LogP contribution in [0, 0.1) is 0 Å². The Bertz CT molecular complexity index is 465. The molecule has 0 aromatic carbocycles. The molecule has 1 atom stereocenters. The lowest BCUT2D eigenvalue weighted by molar-refractivity contribution is -0.129. The number of nitrogens with one attached hydrogen (secondary N) is 1. The van der Waals surface area contributed by atoms with Crippen LogP contribution in [0.3, 0.4) is 0 Å². The molecule has 1 fully saturated rings. The average molecular weight is 263 g/mol. The molecule has 0 unspecified atom stereocenters. The van der Waals surface area contributed by atoms with E-state index in [-0.39, 0.29) is 17.9 Å². The summed E-state index contributed by atoms with van der Waals surface area (Å²) in [5.41, 5.74) is -0.647. The number of likely N-dealkylation sites (N-methyl/N-ethyl adjacent to an activating group) is 1. The molecule has 2 amide bonds. The molecule has 2 rings (SSSR count). The lowest BCUT2D eigenvalue weighted by atomic mass is 10.0. The summed E-state index contributed by atoms with van der Waals surface area (Å²) in [6.07, 6.45) is 4.15. The van der Waals surface area contributed by atoms with E-state index in [4.69, 9.17) is 0 Å². The number of amides is 2. The first-order valence-corrected chi connectivity index (χ1v) is 6.67. The maximum absolute atomic E-state index is 12.4. The lowest BCUT2D eigenvalue weighted by Crippen LogP contribution is -2.48. The van der Waals surface area contributed by atoms with Gasteiger partial charge in [0.05, 0.1) is 6.04 Å². The number of likely N-dealkylation sites (tertiary alicyclic amines) is 1. The minimum absolute atomic E-state index is 0.0561. The molecule has 104 valence electrons. The third-order valence-corrected chi connectivity index (χ3v) is 3.74. The highest BCUT2D eigenvalue weighted by Crippen LogP contribution is 2.17. The number of hydrogen-bond acceptors (Lipinski definition) is 2. The van der Waals surface area contributed by atoms with Crippen molar-refractivity contribution in [3.8, 4) is 0 Å². The number of aromatic nitrogens is 1. The van der Waals surface area contributed by atoms with Gasteiger partial charge in [-0.05, 0) is 32.9 Å². The Morgan fingerprint density at radius 1 is 1.42 bits per heavy atom. The zero-order valence-electron chi connectivity index (χ0n) is 11.7. The van der Waals surface area contributed by atoms with Gasteiger partial charge in [0.2, 0.25) is 11.8 Å². The molecule has 19 heavy (non-hydrogen) atoms. The van der Waals surface area contributed by atoms with Crippen LogP contribution in [0.1, 0.15) is 27.2 Å². The van der Waals surface area contributed by atoms with Crippen molar-refractivity contribution in [2.45, 2.75) is 38.8 Å². The maximum Gasteiger partial charge on any atom is 0.245 e. The number of nitrogens with zero attached hydrogens (tertiary/aromatic N) is 2. The van der Waals surface area contributed by atoms with E-state index in [1.165, 1.54) is 0 Å². The standard InChI is InChI=1S/C14H21N3O2/c1-4-16-10-11(9-12(16)18)15-13(19)14(2,3)17-7-5-6-8-17/h5-8,11H,4,9-10H2,1-3H3,(H,15,19)/t11-/m0/s1. The van der Waals surface area contributed by atoms with Gasteiger partial charge in [-0.3, -0.25) is 9.59 Å². The van der Waals surface area contributed by atoms with Gasteiger partial charge in [-0.1, -0.05) is 0 Å². The largest absolute Gasteiger partial charge is 0.349 e. The Labute approximate surface area is 113 Å². The summed E-state index contributed by atoms with van der Waals surface area (Å²) in [5, 5.41) is 2.98. The van der Waals surface area contributed by atoms with Crippen molar-refractivity contribution in [2.24, 2.45) is 0 Å². The predicted octanol–water partition coefficient (Wildman–Crippen LogP) is 0.960. The predicted molar refractivity (Wildman–Crippen MR) is 72.6 cm³/mol. The average Bonchev–Trinajstić information content (AvgIpc) is 2.98. The molecule has 0 saturated carbocycles. The van der Waals surface area contributed by atoms with Crippen molar-refractivity contribution >= 4 is 11.8 Å². The van der Waals surface area contributed by atoms with Crippen molar-refractivity contribution in [1.82, 2.24) is 14.8 Å². The van der Waals surface area contributed by atoms with Crippen LogP contribution in [0.15, 0.2) is 24.5 Å². The SMILES string of the molecule is CCN1C[C@@H](NC(=O)C(C)(C)n2cccc2)CC1=O. The number of rotatable bonds is 4. The minimum Gasteiger partial charge on any atom is -0.349 e. The Morgan fingerprint density at radius 3 is 2.58 bits per heavy atom. The lowest BCUT2D eigenvalue weighted by Gasteiger charge is -2.27. The Balaban J connectivity index is 2.00. The topological polar surface area (TPSA) is 54.3 Å². The van der Waals surface area contributed by atoms with Gasteiger partial charge in [-0.25, -0.2) is 0 Å².